The average Bonchev–Trinajstić information content (AvgIpc) is 2.88. The van der Waals surface area contributed by atoms with Crippen LogP contribution in [0.5, 0.6) is 0 Å². The first kappa shape index (κ1) is 24.7. The van der Waals surface area contributed by atoms with E-state index in [1.807, 2.05) is 0 Å². The molecular weight excluding hydrogens is 514 g/mol. The SMILES string of the molecule is Nc1ncnc(NCCc2nc3cccc(Cl)c3c(=O)n2-c2cc(F)cc(F)c2)c1C#Cc1cncnc1. The Morgan fingerprint density at radius 2 is 1.79 bits per heavy atom. The fourth-order valence-corrected chi connectivity index (χ4v) is 4.04. The summed E-state index contributed by atoms with van der Waals surface area (Å²) < 4.78 is 29.3. The lowest BCUT2D eigenvalue weighted by Gasteiger charge is -2.15. The van der Waals surface area contributed by atoms with E-state index >= 15 is 0 Å². The molecule has 0 fully saturated rings. The molecule has 0 aliphatic heterocycles. The van der Waals surface area contributed by atoms with E-state index in [4.69, 9.17) is 17.3 Å². The van der Waals surface area contributed by atoms with E-state index in [0.717, 1.165) is 22.8 Å². The van der Waals surface area contributed by atoms with Gasteiger partial charge in [-0.15, -0.1) is 0 Å². The van der Waals surface area contributed by atoms with Crippen LogP contribution in [0, 0.1) is 23.5 Å². The highest BCUT2D eigenvalue weighted by molar-refractivity contribution is 6.35. The van der Waals surface area contributed by atoms with E-state index in [1.165, 1.54) is 12.7 Å². The van der Waals surface area contributed by atoms with Crippen molar-refractivity contribution in [2.45, 2.75) is 6.42 Å². The summed E-state index contributed by atoms with van der Waals surface area (Å²) in [6, 6.07) is 7.69. The quantitative estimate of drug-likeness (QED) is 0.331. The molecule has 0 saturated carbocycles. The van der Waals surface area contributed by atoms with Crippen molar-refractivity contribution in [2.75, 3.05) is 17.6 Å². The highest BCUT2D eigenvalue weighted by atomic mass is 35.5. The smallest absolute Gasteiger partial charge is 0.267 e. The summed E-state index contributed by atoms with van der Waals surface area (Å²) in [7, 11) is 0. The third-order valence-electron chi connectivity index (χ3n) is 5.43. The fourth-order valence-electron chi connectivity index (χ4n) is 3.79. The Hall–Kier alpha value is -4.95. The lowest BCUT2D eigenvalue weighted by atomic mass is 10.2. The van der Waals surface area contributed by atoms with Crippen LogP contribution in [0.25, 0.3) is 16.6 Å². The van der Waals surface area contributed by atoms with Gasteiger partial charge >= 0.3 is 0 Å². The first-order valence-electron chi connectivity index (χ1n) is 11.2. The van der Waals surface area contributed by atoms with Crippen LogP contribution in [-0.4, -0.2) is 36.0 Å². The van der Waals surface area contributed by atoms with Gasteiger partial charge in [0.15, 0.2) is 0 Å². The zero-order chi connectivity index (χ0) is 26.6. The van der Waals surface area contributed by atoms with Gasteiger partial charge in [-0.2, -0.15) is 0 Å². The molecule has 188 valence electrons. The number of benzene rings is 2. The Labute approximate surface area is 219 Å². The monoisotopic (exact) mass is 530 g/mol. The Balaban J connectivity index is 1.50. The summed E-state index contributed by atoms with van der Waals surface area (Å²) in [5.41, 5.74) is 6.75. The van der Waals surface area contributed by atoms with E-state index in [0.29, 0.717) is 22.5 Å². The molecule has 5 aromatic rings. The molecule has 0 aliphatic carbocycles. The predicted octanol–water partition coefficient (Wildman–Crippen LogP) is 3.53. The first-order valence-corrected chi connectivity index (χ1v) is 11.6. The van der Waals surface area contributed by atoms with Gasteiger partial charge in [0.25, 0.3) is 5.56 Å². The molecule has 3 aromatic heterocycles. The van der Waals surface area contributed by atoms with Crippen molar-refractivity contribution in [3.05, 3.63) is 105 Å². The second kappa shape index (κ2) is 10.6. The van der Waals surface area contributed by atoms with Gasteiger partial charge in [0.05, 0.1) is 27.2 Å². The minimum Gasteiger partial charge on any atom is -0.382 e. The van der Waals surface area contributed by atoms with Crippen molar-refractivity contribution in [1.82, 2.24) is 29.5 Å². The molecule has 3 N–H and O–H groups in total. The number of fused-ring (bicyclic) bond motifs is 1. The topological polar surface area (TPSA) is 124 Å². The van der Waals surface area contributed by atoms with Crippen LogP contribution in [0.4, 0.5) is 20.4 Å². The van der Waals surface area contributed by atoms with E-state index in [2.05, 4.69) is 42.1 Å². The molecule has 0 unspecified atom stereocenters. The van der Waals surface area contributed by atoms with Crippen LogP contribution in [-0.2, 0) is 6.42 Å². The second-order valence-corrected chi connectivity index (χ2v) is 8.37. The molecule has 38 heavy (non-hydrogen) atoms. The number of hydrogen-bond acceptors (Lipinski definition) is 8. The summed E-state index contributed by atoms with van der Waals surface area (Å²) in [4.78, 5) is 34.1. The lowest BCUT2D eigenvalue weighted by molar-refractivity contribution is 0.580. The molecule has 5 rings (SSSR count). The third kappa shape index (κ3) is 5.11. The molecule has 0 spiro atoms. The number of hydrogen-bond donors (Lipinski definition) is 2. The van der Waals surface area contributed by atoms with Gasteiger partial charge < -0.3 is 11.1 Å². The standard InChI is InChI=1S/C26H17ClF2N8O/c27-20-2-1-3-21-23(20)26(38)37(18-9-16(28)8-17(29)10-18)22(36-21)6-7-33-25-19(24(30)34-14-35-25)5-4-15-11-31-13-32-12-15/h1-3,8-14H,6-7H2,(H3,30,33,34,35). The number of nitrogens with zero attached hydrogens (tertiary/aromatic N) is 6. The third-order valence-corrected chi connectivity index (χ3v) is 5.75. The van der Waals surface area contributed by atoms with Gasteiger partial charge in [-0.1, -0.05) is 29.5 Å². The summed E-state index contributed by atoms with van der Waals surface area (Å²) in [6.45, 7) is 0.218. The predicted molar refractivity (Wildman–Crippen MR) is 139 cm³/mol. The maximum absolute atomic E-state index is 14.1. The maximum Gasteiger partial charge on any atom is 0.267 e. The van der Waals surface area contributed by atoms with Gasteiger partial charge in [0, 0.05) is 31.4 Å². The lowest BCUT2D eigenvalue weighted by Crippen LogP contribution is -2.26. The van der Waals surface area contributed by atoms with E-state index in [-0.39, 0.29) is 40.7 Å². The van der Waals surface area contributed by atoms with Crippen molar-refractivity contribution in [3.8, 4) is 17.5 Å². The highest BCUT2D eigenvalue weighted by Crippen LogP contribution is 2.22. The molecule has 0 saturated heterocycles. The van der Waals surface area contributed by atoms with Crippen LogP contribution in [0.2, 0.25) is 5.02 Å². The second-order valence-electron chi connectivity index (χ2n) is 7.97. The van der Waals surface area contributed by atoms with Crippen LogP contribution in [0.3, 0.4) is 0 Å². The summed E-state index contributed by atoms with van der Waals surface area (Å²) in [5, 5.41) is 3.44. The van der Waals surface area contributed by atoms with Crippen molar-refractivity contribution in [3.63, 3.8) is 0 Å². The summed E-state index contributed by atoms with van der Waals surface area (Å²) >= 11 is 6.27. The molecule has 12 heteroatoms. The largest absolute Gasteiger partial charge is 0.382 e. The van der Waals surface area contributed by atoms with Crippen molar-refractivity contribution >= 4 is 34.1 Å². The molecule has 2 aromatic carbocycles. The van der Waals surface area contributed by atoms with Crippen LogP contribution in [0.1, 0.15) is 17.0 Å². The Morgan fingerprint density at radius 1 is 1.03 bits per heavy atom. The van der Waals surface area contributed by atoms with Gasteiger partial charge in [-0.05, 0) is 24.3 Å². The zero-order valence-corrected chi connectivity index (χ0v) is 20.2. The van der Waals surface area contributed by atoms with Gasteiger partial charge in [-0.25, -0.2) is 33.7 Å². The number of anilines is 2. The molecular formula is C26H17ClF2N8O. The minimum atomic E-state index is -0.835. The number of nitrogen functional groups attached to an aromatic ring is 1. The van der Waals surface area contributed by atoms with E-state index in [9.17, 15) is 13.6 Å². The Kier molecular flexibility index (Phi) is 6.88. The van der Waals surface area contributed by atoms with Crippen LogP contribution >= 0.6 is 11.6 Å². The maximum atomic E-state index is 14.1. The van der Waals surface area contributed by atoms with Crippen LogP contribution in [0.15, 0.2) is 66.2 Å². The van der Waals surface area contributed by atoms with Gasteiger partial charge in [0.2, 0.25) is 0 Å². The van der Waals surface area contributed by atoms with Crippen molar-refractivity contribution in [1.29, 1.82) is 0 Å². The Bertz CT molecular complexity index is 1760. The summed E-state index contributed by atoms with van der Waals surface area (Å²) in [5.74, 6) is 4.93. The zero-order valence-electron chi connectivity index (χ0n) is 19.5. The fraction of sp³-hybridized carbons (Fsp3) is 0.0769. The van der Waals surface area contributed by atoms with Gasteiger partial charge in [0.1, 0.15) is 47.3 Å². The first-order chi connectivity index (χ1) is 18.4. The molecule has 0 amide bonds. The molecule has 9 nitrogen and oxygen atoms in total. The highest BCUT2D eigenvalue weighted by Gasteiger charge is 2.17. The molecule has 0 radical (unpaired) electrons. The number of nitrogens with one attached hydrogen (secondary N) is 1. The van der Waals surface area contributed by atoms with Gasteiger partial charge in [-0.3, -0.25) is 9.36 Å². The van der Waals surface area contributed by atoms with E-state index < -0.39 is 17.2 Å². The number of aromatic nitrogens is 6. The molecule has 0 bridgehead atoms. The Morgan fingerprint density at radius 3 is 2.55 bits per heavy atom. The molecule has 3 heterocycles. The van der Waals surface area contributed by atoms with Crippen molar-refractivity contribution < 1.29 is 8.78 Å². The number of halogens is 3. The van der Waals surface area contributed by atoms with Crippen LogP contribution < -0.4 is 16.6 Å². The average molecular weight is 531 g/mol. The number of rotatable bonds is 5. The molecule has 0 aliphatic rings. The summed E-state index contributed by atoms with van der Waals surface area (Å²) in [6.07, 6.45) is 5.96. The van der Waals surface area contributed by atoms with E-state index in [1.54, 1.807) is 30.6 Å². The van der Waals surface area contributed by atoms with Crippen molar-refractivity contribution in [2.24, 2.45) is 0 Å². The number of nitrogens with two attached hydrogens (primary N) is 1. The molecule has 0 atom stereocenters. The normalized spacial score (nSPS) is 10.7. The minimum absolute atomic E-state index is 0.0141.